The van der Waals surface area contributed by atoms with E-state index in [0.717, 1.165) is 0 Å². The first-order valence-electron chi connectivity index (χ1n) is 13.6. The van der Waals surface area contributed by atoms with Crippen molar-refractivity contribution in [3.8, 4) is 33.4 Å². The molecule has 0 aromatic heterocycles. The average molecular weight is 494 g/mol. The van der Waals surface area contributed by atoms with Gasteiger partial charge in [0, 0.05) is 39.6 Å². The maximum atomic E-state index is 2.58. The highest BCUT2D eigenvalue weighted by Crippen LogP contribution is 2.51. The monoisotopic (exact) mass is 494 g/mol. The Hall–Kier alpha value is -5.02. The van der Waals surface area contributed by atoms with Crippen molar-refractivity contribution in [3.63, 3.8) is 0 Å². The first-order chi connectivity index (χ1) is 19.4. The van der Waals surface area contributed by atoms with Gasteiger partial charge in [-0.3, -0.25) is 0 Å². The summed E-state index contributed by atoms with van der Waals surface area (Å²) < 4.78 is 0. The third-order valence-corrected chi connectivity index (χ3v) is 8.59. The molecule has 39 heavy (non-hydrogen) atoms. The van der Waals surface area contributed by atoms with E-state index < -0.39 is 0 Å². The van der Waals surface area contributed by atoms with Crippen molar-refractivity contribution < 1.29 is 0 Å². The Labute approximate surface area is 228 Å². The molecule has 2 nitrogen and oxygen atoms in total. The van der Waals surface area contributed by atoms with Crippen molar-refractivity contribution in [2.45, 2.75) is 0 Å². The van der Waals surface area contributed by atoms with E-state index in [1.165, 1.54) is 72.7 Å². The summed E-state index contributed by atoms with van der Waals surface area (Å²) in [5.41, 5.74) is 16.7. The van der Waals surface area contributed by atoms with Crippen molar-refractivity contribution >= 4 is 46.2 Å². The predicted octanol–water partition coefficient (Wildman–Crippen LogP) is 8.04. The summed E-state index contributed by atoms with van der Waals surface area (Å²) >= 11 is 0. The summed E-state index contributed by atoms with van der Waals surface area (Å²) in [7, 11) is 0. The maximum absolute atomic E-state index is 2.58. The molecule has 0 N–H and O–H groups in total. The maximum Gasteiger partial charge on any atom is 0.333 e. The van der Waals surface area contributed by atoms with Gasteiger partial charge in [0.15, 0.2) is 0 Å². The smallest absolute Gasteiger partial charge is 0.333 e. The standard InChI is InChI=1S/C36H23BN2/c1-2-10-24(11-3-1)25-20-22-26(23-21-25)38-33-18-8-14-29-27-12-4-6-16-31(27)39-32-17-7-5-13-28(32)30-15-9-19-34(38)36(30)37(39)35(29)33/h1-23H. The van der Waals surface area contributed by atoms with Crippen LogP contribution in [0.25, 0.3) is 33.4 Å². The van der Waals surface area contributed by atoms with Crippen LogP contribution in [-0.2, 0) is 0 Å². The van der Waals surface area contributed by atoms with Crippen LogP contribution < -0.4 is 20.6 Å². The molecule has 0 unspecified atom stereocenters. The lowest BCUT2D eigenvalue weighted by Crippen LogP contribution is -2.63. The summed E-state index contributed by atoms with van der Waals surface area (Å²) in [6.07, 6.45) is 0. The molecular formula is C36H23BN2. The lowest BCUT2D eigenvalue weighted by molar-refractivity contribution is 1.26. The number of hydrogen-bond acceptors (Lipinski definition) is 2. The number of hydrogen-bond donors (Lipinski definition) is 0. The summed E-state index contributed by atoms with van der Waals surface area (Å²) in [6, 6.07) is 51.1. The van der Waals surface area contributed by atoms with Crippen molar-refractivity contribution in [1.82, 2.24) is 0 Å². The molecule has 0 amide bonds. The predicted molar refractivity (Wildman–Crippen MR) is 165 cm³/mol. The lowest BCUT2D eigenvalue weighted by Gasteiger charge is -2.49. The van der Waals surface area contributed by atoms with Crippen LogP contribution in [0.5, 0.6) is 0 Å². The molecule has 0 atom stereocenters. The molecule has 0 aliphatic carbocycles. The van der Waals surface area contributed by atoms with E-state index in [1.54, 1.807) is 0 Å². The Morgan fingerprint density at radius 1 is 0.359 bits per heavy atom. The van der Waals surface area contributed by atoms with Gasteiger partial charge in [0.25, 0.3) is 0 Å². The molecule has 0 spiro atoms. The summed E-state index contributed by atoms with van der Waals surface area (Å²) in [5.74, 6) is 0. The van der Waals surface area contributed by atoms with Gasteiger partial charge in [-0.05, 0) is 69.6 Å². The molecule has 0 radical (unpaired) electrons. The average Bonchev–Trinajstić information content (AvgIpc) is 3.02. The van der Waals surface area contributed by atoms with Gasteiger partial charge in [0.05, 0.1) is 0 Å². The SMILES string of the molecule is c1ccc(-c2ccc(N3c4cccc5c4B4c6c(cccc63)-c3ccccc3N4c3ccccc3-5)cc2)cc1. The normalized spacial score (nSPS) is 13.5. The van der Waals surface area contributed by atoms with E-state index >= 15 is 0 Å². The molecule has 0 fully saturated rings. The minimum absolute atomic E-state index is 0.132. The lowest BCUT2D eigenvalue weighted by atomic mass is 9.41. The van der Waals surface area contributed by atoms with Crippen LogP contribution in [-0.4, -0.2) is 6.85 Å². The molecule has 9 rings (SSSR count). The summed E-state index contributed by atoms with van der Waals surface area (Å²) in [4.78, 5) is 5.06. The topological polar surface area (TPSA) is 6.48 Å². The van der Waals surface area contributed by atoms with Crippen LogP contribution in [0.1, 0.15) is 0 Å². The molecule has 3 heteroatoms. The van der Waals surface area contributed by atoms with Crippen molar-refractivity contribution in [1.29, 1.82) is 0 Å². The van der Waals surface area contributed by atoms with E-state index in [1.807, 2.05) is 0 Å². The molecule has 3 aliphatic rings. The highest BCUT2D eigenvalue weighted by molar-refractivity contribution is 6.95. The van der Waals surface area contributed by atoms with Gasteiger partial charge in [0.2, 0.25) is 0 Å². The van der Waals surface area contributed by atoms with E-state index in [9.17, 15) is 0 Å². The van der Waals surface area contributed by atoms with Crippen molar-refractivity contribution in [2.75, 3.05) is 9.71 Å². The molecule has 0 saturated heterocycles. The Kier molecular flexibility index (Phi) is 4.17. The van der Waals surface area contributed by atoms with Crippen molar-refractivity contribution in [3.05, 3.63) is 140 Å². The second-order valence-electron chi connectivity index (χ2n) is 10.5. The number of nitrogens with zero attached hydrogens (tertiary/aromatic N) is 2. The van der Waals surface area contributed by atoms with Gasteiger partial charge in [0.1, 0.15) is 0 Å². The number of anilines is 5. The molecule has 3 aliphatic heterocycles. The van der Waals surface area contributed by atoms with E-state index in [2.05, 4.69) is 149 Å². The fraction of sp³-hybridized carbons (Fsp3) is 0. The van der Waals surface area contributed by atoms with Crippen molar-refractivity contribution in [2.24, 2.45) is 0 Å². The quantitative estimate of drug-likeness (QED) is 0.225. The van der Waals surface area contributed by atoms with E-state index in [4.69, 9.17) is 0 Å². The van der Waals surface area contributed by atoms with Crippen LogP contribution in [0.3, 0.4) is 0 Å². The Balaban J connectivity index is 1.35. The minimum Gasteiger partial charge on any atom is -0.376 e. The van der Waals surface area contributed by atoms with Crippen LogP contribution >= 0.6 is 0 Å². The second kappa shape index (κ2) is 7.75. The van der Waals surface area contributed by atoms with Gasteiger partial charge in [-0.2, -0.15) is 0 Å². The van der Waals surface area contributed by atoms with E-state index in [0.29, 0.717) is 0 Å². The number of para-hydroxylation sites is 2. The van der Waals surface area contributed by atoms with E-state index in [-0.39, 0.29) is 6.85 Å². The molecule has 6 aromatic carbocycles. The number of rotatable bonds is 2. The zero-order chi connectivity index (χ0) is 25.5. The van der Waals surface area contributed by atoms with Gasteiger partial charge in [-0.15, -0.1) is 0 Å². The van der Waals surface area contributed by atoms with Crippen LogP contribution in [0.2, 0.25) is 0 Å². The molecule has 0 saturated carbocycles. The van der Waals surface area contributed by atoms with Crippen LogP contribution in [0.15, 0.2) is 140 Å². The fourth-order valence-electron chi connectivity index (χ4n) is 7.02. The molecule has 0 bridgehead atoms. The highest BCUT2D eigenvalue weighted by Gasteiger charge is 2.48. The van der Waals surface area contributed by atoms with Gasteiger partial charge in [-0.1, -0.05) is 103 Å². The van der Waals surface area contributed by atoms with Gasteiger partial charge >= 0.3 is 6.85 Å². The molecule has 6 aromatic rings. The second-order valence-corrected chi connectivity index (χ2v) is 10.5. The molecule has 180 valence electrons. The minimum atomic E-state index is 0.132. The first kappa shape index (κ1) is 21.0. The largest absolute Gasteiger partial charge is 0.376 e. The Morgan fingerprint density at radius 2 is 0.821 bits per heavy atom. The number of fused-ring (bicyclic) bond motifs is 6. The van der Waals surface area contributed by atoms with Gasteiger partial charge < -0.3 is 9.71 Å². The number of benzene rings is 6. The Morgan fingerprint density at radius 3 is 1.41 bits per heavy atom. The molecule has 3 heterocycles. The zero-order valence-corrected chi connectivity index (χ0v) is 21.3. The summed E-state index contributed by atoms with van der Waals surface area (Å²) in [5, 5.41) is 0. The third-order valence-electron chi connectivity index (χ3n) is 8.59. The first-order valence-corrected chi connectivity index (χ1v) is 13.6. The Bertz CT molecular complexity index is 1830. The van der Waals surface area contributed by atoms with Crippen LogP contribution in [0.4, 0.5) is 28.4 Å². The van der Waals surface area contributed by atoms with Crippen LogP contribution in [0, 0.1) is 0 Å². The highest BCUT2D eigenvalue weighted by atomic mass is 15.2. The zero-order valence-electron chi connectivity index (χ0n) is 21.3. The third kappa shape index (κ3) is 2.77. The fourth-order valence-corrected chi connectivity index (χ4v) is 7.02. The van der Waals surface area contributed by atoms with Gasteiger partial charge in [-0.25, -0.2) is 0 Å². The molecular weight excluding hydrogens is 471 g/mol. The summed E-state index contributed by atoms with van der Waals surface area (Å²) in [6.45, 7) is 0.132.